The van der Waals surface area contributed by atoms with Crippen LogP contribution in [0, 0.1) is 5.92 Å². The summed E-state index contributed by atoms with van der Waals surface area (Å²) in [7, 11) is -3.72. The Morgan fingerprint density at radius 2 is 2.18 bits per heavy atom. The molecule has 0 aliphatic carbocycles. The van der Waals surface area contributed by atoms with Crippen LogP contribution in [0.5, 0.6) is 5.75 Å². The van der Waals surface area contributed by atoms with E-state index in [1.807, 2.05) is 6.92 Å². The standard InChI is InChI=1S/C19H27ClN2O5S/c1-2-26-18-8-7-16(11-17(18)20)28(24,25)22-9-3-5-14(13-22)19(23)21-12-15-6-4-10-27-15/h7-8,11,14-15H,2-6,9-10,12-13H2,1H3,(H,21,23)/t14-,15+/m0/s1. The Morgan fingerprint density at radius 3 is 2.86 bits per heavy atom. The number of ether oxygens (including phenoxy) is 2. The highest BCUT2D eigenvalue weighted by Crippen LogP contribution is 2.30. The van der Waals surface area contributed by atoms with Crippen molar-refractivity contribution in [2.75, 3.05) is 32.8 Å². The molecule has 2 aliphatic rings. The van der Waals surface area contributed by atoms with Gasteiger partial charge in [0.25, 0.3) is 0 Å². The van der Waals surface area contributed by atoms with E-state index >= 15 is 0 Å². The molecule has 3 rings (SSSR count). The Hall–Kier alpha value is -1.35. The first-order chi connectivity index (χ1) is 13.4. The van der Waals surface area contributed by atoms with Crippen LogP contribution in [0.3, 0.4) is 0 Å². The van der Waals surface area contributed by atoms with Crippen LogP contribution in [0.4, 0.5) is 0 Å². The van der Waals surface area contributed by atoms with Gasteiger partial charge < -0.3 is 14.8 Å². The van der Waals surface area contributed by atoms with Gasteiger partial charge in [-0.2, -0.15) is 4.31 Å². The molecule has 2 atom stereocenters. The summed E-state index contributed by atoms with van der Waals surface area (Å²) in [6.45, 7) is 4.06. The Morgan fingerprint density at radius 1 is 1.36 bits per heavy atom. The van der Waals surface area contributed by atoms with E-state index in [2.05, 4.69) is 5.32 Å². The number of halogens is 1. The highest BCUT2D eigenvalue weighted by Gasteiger charge is 2.34. The molecule has 0 bridgehead atoms. The van der Waals surface area contributed by atoms with Crippen LogP contribution in [-0.2, 0) is 19.6 Å². The maximum Gasteiger partial charge on any atom is 0.243 e. The molecule has 2 saturated heterocycles. The minimum absolute atomic E-state index is 0.0679. The summed E-state index contributed by atoms with van der Waals surface area (Å²) in [4.78, 5) is 12.6. The van der Waals surface area contributed by atoms with Crippen LogP contribution in [0.25, 0.3) is 0 Å². The minimum Gasteiger partial charge on any atom is -0.492 e. The number of rotatable bonds is 7. The predicted octanol–water partition coefficient (Wildman–Crippen LogP) is 2.43. The van der Waals surface area contributed by atoms with Crippen LogP contribution in [-0.4, -0.2) is 57.6 Å². The summed E-state index contributed by atoms with van der Waals surface area (Å²) >= 11 is 6.15. The van der Waals surface area contributed by atoms with Crippen molar-refractivity contribution < 1.29 is 22.7 Å². The summed E-state index contributed by atoms with van der Waals surface area (Å²) in [6.07, 6.45) is 3.35. The van der Waals surface area contributed by atoms with Crippen molar-refractivity contribution in [3.63, 3.8) is 0 Å². The van der Waals surface area contributed by atoms with Crippen LogP contribution in [0.2, 0.25) is 5.02 Å². The lowest BCUT2D eigenvalue weighted by molar-refractivity contribution is -0.126. The summed E-state index contributed by atoms with van der Waals surface area (Å²) < 4.78 is 38.3. The molecule has 1 amide bonds. The molecule has 7 nitrogen and oxygen atoms in total. The van der Waals surface area contributed by atoms with Gasteiger partial charge in [0.2, 0.25) is 15.9 Å². The average molecular weight is 431 g/mol. The molecule has 2 aliphatic heterocycles. The number of carbonyl (C=O) groups is 1. The molecule has 28 heavy (non-hydrogen) atoms. The van der Waals surface area contributed by atoms with Crippen molar-refractivity contribution >= 4 is 27.5 Å². The van der Waals surface area contributed by atoms with Gasteiger partial charge in [-0.3, -0.25) is 4.79 Å². The molecule has 0 radical (unpaired) electrons. The highest BCUT2D eigenvalue weighted by atomic mass is 35.5. The first-order valence-electron chi connectivity index (χ1n) is 9.73. The van der Waals surface area contributed by atoms with Gasteiger partial charge in [-0.15, -0.1) is 0 Å². The van der Waals surface area contributed by atoms with E-state index in [9.17, 15) is 13.2 Å². The zero-order valence-electron chi connectivity index (χ0n) is 16.0. The Bertz CT molecular complexity index is 796. The lowest BCUT2D eigenvalue weighted by Crippen LogP contribution is -2.46. The average Bonchev–Trinajstić information content (AvgIpc) is 3.21. The van der Waals surface area contributed by atoms with Gasteiger partial charge in [0, 0.05) is 26.2 Å². The number of piperidine rings is 1. The van der Waals surface area contributed by atoms with Crippen molar-refractivity contribution in [2.24, 2.45) is 5.92 Å². The Labute approximate surface area is 171 Å². The third kappa shape index (κ3) is 4.97. The molecule has 0 saturated carbocycles. The first kappa shape index (κ1) is 21.4. The monoisotopic (exact) mass is 430 g/mol. The zero-order valence-corrected chi connectivity index (χ0v) is 17.6. The third-order valence-corrected chi connectivity index (χ3v) is 7.28. The highest BCUT2D eigenvalue weighted by molar-refractivity contribution is 7.89. The molecule has 1 N–H and O–H groups in total. The van der Waals surface area contributed by atoms with E-state index in [4.69, 9.17) is 21.1 Å². The van der Waals surface area contributed by atoms with E-state index in [1.54, 1.807) is 6.07 Å². The summed E-state index contributed by atoms with van der Waals surface area (Å²) in [5.41, 5.74) is 0. The molecule has 9 heteroatoms. The van der Waals surface area contributed by atoms with Crippen LogP contribution >= 0.6 is 11.6 Å². The summed E-state index contributed by atoms with van der Waals surface area (Å²) in [6, 6.07) is 4.46. The zero-order chi connectivity index (χ0) is 20.1. The number of nitrogens with zero attached hydrogens (tertiary/aromatic N) is 1. The SMILES string of the molecule is CCOc1ccc(S(=O)(=O)N2CCC[C@H](C(=O)NC[C@H]3CCCO3)C2)cc1Cl. The molecular weight excluding hydrogens is 404 g/mol. The maximum absolute atomic E-state index is 13.0. The van der Waals surface area contributed by atoms with E-state index in [0.29, 0.717) is 38.3 Å². The molecule has 1 aromatic rings. The molecule has 0 aromatic heterocycles. The fraction of sp³-hybridized carbons (Fsp3) is 0.632. The van der Waals surface area contributed by atoms with Crippen molar-refractivity contribution in [3.8, 4) is 5.75 Å². The summed E-state index contributed by atoms with van der Waals surface area (Å²) in [5.74, 6) is -0.0172. The number of benzene rings is 1. The van der Waals surface area contributed by atoms with Crippen molar-refractivity contribution in [2.45, 2.75) is 43.6 Å². The van der Waals surface area contributed by atoms with Crippen LogP contribution in [0.15, 0.2) is 23.1 Å². The lowest BCUT2D eigenvalue weighted by Gasteiger charge is -2.31. The lowest BCUT2D eigenvalue weighted by atomic mass is 9.99. The summed E-state index contributed by atoms with van der Waals surface area (Å²) in [5, 5.41) is 3.17. The largest absolute Gasteiger partial charge is 0.492 e. The second kappa shape index (κ2) is 9.43. The van der Waals surface area contributed by atoms with Gasteiger partial charge in [-0.1, -0.05) is 11.6 Å². The fourth-order valence-electron chi connectivity index (χ4n) is 3.60. The van der Waals surface area contributed by atoms with Gasteiger partial charge in [0.05, 0.1) is 28.5 Å². The number of carbonyl (C=O) groups excluding carboxylic acids is 1. The molecule has 0 unspecified atom stereocenters. The third-order valence-electron chi connectivity index (χ3n) is 5.12. The van der Waals surface area contributed by atoms with E-state index in [1.165, 1.54) is 16.4 Å². The Balaban J connectivity index is 1.65. The van der Waals surface area contributed by atoms with Crippen molar-refractivity contribution in [1.82, 2.24) is 9.62 Å². The second-order valence-electron chi connectivity index (χ2n) is 7.11. The number of sulfonamides is 1. The molecule has 2 fully saturated rings. The molecule has 1 aromatic carbocycles. The fourth-order valence-corrected chi connectivity index (χ4v) is 5.45. The normalized spacial score (nSPS) is 23.5. The van der Waals surface area contributed by atoms with E-state index in [-0.39, 0.29) is 34.4 Å². The van der Waals surface area contributed by atoms with Crippen LogP contribution in [0.1, 0.15) is 32.6 Å². The quantitative estimate of drug-likeness (QED) is 0.718. The van der Waals surface area contributed by atoms with Gasteiger partial charge in [-0.05, 0) is 50.8 Å². The Kier molecular flexibility index (Phi) is 7.20. The number of nitrogens with one attached hydrogen (secondary N) is 1. The number of amides is 1. The van der Waals surface area contributed by atoms with Gasteiger partial charge in [0.15, 0.2) is 0 Å². The molecular formula is C19H27ClN2O5S. The number of hydrogen-bond donors (Lipinski definition) is 1. The minimum atomic E-state index is -3.72. The van der Waals surface area contributed by atoms with E-state index in [0.717, 1.165) is 19.4 Å². The van der Waals surface area contributed by atoms with E-state index < -0.39 is 10.0 Å². The molecule has 0 spiro atoms. The van der Waals surface area contributed by atoms with Gasteiger partial charge in [-0.25, -0.2) is 8.42 Å². The van der Waals surface area contributed by atoms with Gasteiger partial charge in [0.1, 0.15) is 5.75 Å². The molecule has 156 valence electrons. The van der Waals surface area contributed by atoms with Crippen LogP contribution < -0.4 is 10.1 Å². The topological polar surface area (TPSA) is 84.9 Å². The first-order valence-corrected chi connectivity index (χ1v) is 11.6. The van der Waals surface area contributed by atoms with Crippen molar-refractivity contribution in [3.05, 3.63) is 23.2 Å². The second-order valence-corrected chi connectivity index (χ2v) is 9.45. The maximum atomic E-state index is 13.0. The molecule has 2 heterocycles. The smallest absolute Gasteiger partial charge is 0.243 e. The predicted molar refractivity (Wildman–Crippen MR) is 106 cm³/mol. The van der Waals surface area contributed by atoms with Gasteiger partial charge >= 0.3 is 0 Å². The number of hydrogen-bond acceptors (Lipinski definition) is 5. The van der Waals surface area contributed by atoms with Crippen molar-refractivity contribution in [1.29, 1.82) is 0 Å².